The first-order chi connectivity index (χ1) is 11.6. The molecule has 0 bridgehead atoms. The molecule has 0 radical (unpaired) electrons. The highest BCUT2D eigenvalue weighted by molar-refractivity contribution is 9.10. The third kappa shape index (κ3) is 3.61. The molecule has 1 atom stereocenters. The van der Waals surface area contributed by atoms with Gasteiger partial charge in [-0.15, -0.1) is 5.10 Å². The zero-order valence-corrected chi connectivity index (χ0v) is 15.3. The molecular weight excluding hydrogens is 374 g/mol. The van der Waals surface area contributed by atoms with Crippen LogP contribution in [-0.4, -0.2) is 47.5 Å². The third-order valence-electron chi connectivity index (χ3n) is 4.12. The number of nitrogens with zero attached hydrogens (tertiary/aromatic N) is 7. The van der Waals surface area contributed by atoms with Crippen LogP contribution in [0.3, 0.4) is 0 Å². The van der Waals surface area contributed by atoms with E-state index < -0.39 is 0 Å². The van der Waals surface area contributed by atoms with Crippen molar-refractivity contribution in [3.63, 3.8) is 0 Å². The lowest BCUT2D eigenvalue weighted by Gasteiger charge is -2.34. The maximum absolute atomic E-state index is 12.8. The van der Waals surface area contributed by atoms with Gasteiger partial charge in [0, 0.05) is 24.9 Å². The SMILES string of the molecule is CC(C)c1nnnn1CC(=O)N1CCCCC1c1ncc(Br)cn1. The Bertz CT molecular complexity index is 700. The van der Waals surface area contributed by atoms with Gasteiger partial charge in [-0.05, 0) is 45.6 Å². The number of amides is 1. The second-order valence-electron chi connectivity index (χ2n) is 6.21. The number of hydrogen-bond acceptors (Lipinski definition) is 6. The number of carbonyl (C=O) groups excluding carboxylic acids is 1. The molecule has 1 fully saturated rings. The molecule has 1 unspecified atom stereocenters. The maximum atomic E-state index is 12.8. The van der Waals surface area contributed by atoms with Crippen LogP contribution >= 0.6 is 15.9 Å². The first-order valence-electron chi connectivity index (χ1n) is 8.09. The van der Waals surface area contributed by atoms with Crippen LogP contribution in [0.25, 0.3) is 0 Å². The summed E-state index contributed by atoms with van der Waals surface area (Å²) in [4.78, 5) is 23.5. The smallest absolute Gasteiger partial charge is 0.245 e. The number of likely N-dealkylation sites (tertiary alicyclic amines) is 1. The van der Waals surface area contributed by atoms with E-state index in [0.29, 0.717) is 12.4 Å². The Hall–Kier alpha value is -1.90. The van der Waals surface area contributed by atoms with Crippen molar-refractivity contribution >= 4 is 21.8 Å². The summed E-state index contributed by atoms with van der Waals surface area (Å²) >= 11 is 3.34. The summed E-state index contributed by atoms with van der Waals surface area (Å²) in [6.45, 7) is 4.87. The van der Waals surface area contributed by atoms with Crippen LogP contribution in [0.5, 0.6) is 0 Å². The van der Waals surface area contributed by atoms with Gasteiger partial charge in [-0.3, -0.25) is 4.79 Å². The summed E-state index contributed by atoms with van der Waals surface area (Å²) in [5, 5.41) is 11.6. The van der Waals surface area contributed by atoms with Crippen LogP contribution in [0, 0.1) is 0 Å². The minimum absolute atomic E-state index is 0.000388. The van der Waals surface area contributed by atoms with Gasteiger partial charge in [-0.1, -0.05) is 13.8 Å². The van der Waals surface area contributed by atoms with Gasteiger partial charge in [0.25, 0.3) is 0 Å². The number of rotatable bonds is 4. The highest BCUT2D eigenvalue weighted by atomic mass is 79.9. The Labute approximate surface area is 148 Å². The Kier molecular flexibility index (Phi) is 5.17. The van der Waals surface area contributed by atoms with Crippen LogP contribution in [0.2, 0.25) is 0 Å². The van der Waals surface area contributed by atoms with Gasteiger partial charge < -0.3 is 4.90 Å². The molecular formula is C15H20BrN7O. The highest BCUT2D eigenvalue weighted by Gasteiger charge is 2.30. The number of tetrazole rings is 1. The minimum Gasteiger partial charge on any atom is -0.331 e. The van der Waals surface area contributed by atoms with E-state index in [4.69, 9.17) is 0 Å². The van der Waals surface area contributed by atoms with Gasteiger partial charge in [0.05, 0.1) is 10.5 Å². The fraction of sp³-hybridized carbons (Fsp3) is 0.600. The van der Waals surface area contributed by atoms with Crippen LogP contribution < -0.4 is 0 Å². The molecule has 3 rings (SSSR count). The van der Waals surface area contributed by atoms with Crippen molar-refractivity contribution in [2.75, 3.05) is 6.54 Å². The zero-order chi connectivity index (χ0) is 17.1. The molecule has 128 valence electrons. The third-order valence-corrected chi connectivity index (χ3v) is 4.53. The Morgan fingerprint density at radius 3 is 2.79 bits per heavy atom. The molecule has 3 heterocycles. The fourth-order valence-electron chi connectivity index (χ4n) is 2.95. The molecule has 0 spiro atoms. The highest BCUT2D eigenvalue weighted by Crippen LogP contribution is 2.29. The maximum Gasteiger partial charge on any atom is 0.245 e. The average Bonchev–Trinajstić information content (AvgIpc) is 3.04. The predicted octanol–water partition coefficient (Wildman–Crippen LogP) is 2.10. The van der Waals surface area contributed by atoms with E-state index in [1.54, 1.807) is 17.1 Å². The second kappa shape index (κ2) is 7.33. The first kappa shape index (κ1) is 16.9. The predicted molar refractivity (Wildman–Crippen MR) is 89.9 cm³/mol. The van der Waals surface area contributed by atoms with Crippen molar-refractivity contribution in [1.29, 1.82) is 0 Å². The van der Waals surface area contributed by atoms with Crippen LogP contribution in [0.15, 0.2) is 16.9 Å². The van der Waals surface area contributed by atoms with E-state index in [-0.39, 0.29) is 24.4 Å². The van der Waals surface area contributed by atoms with E-state index in [1.165, 1.54) is 0 Å². The lowest BCUT2D eigenvalue weighted by molar-refractivity contribution is -0.136. The van der Waals surface area contributed by atoms with Crippen LogP contribution in [-0.2, 0) is 11.3 Å². The van der Waals surface area contributed by atoms with Crippen LogP contribution in [0.4, 0.5) is 0 Å². The molecule has 0 N–H and O–H groups in total. The minimum atomic E-state index is -0.0849. The Balaban J connectivity index is 1.78. The Morgan fingerprint density at radius 2 is 2.08 bits per heavy atom. The lowest BCUT2D eigenvalue weighted by Crippen LogP contribution is -2.41. The quantitative estimate of drug-likeness (QED) is 0.789. The van der Waals surface area contributed by atoms with Crippen molar-refractivity contribution in [3.8, 4) is 0 Å². The van der Waals surface area contributed by atoms with Crippen molar-refractivity contribution in [3.05, 3.63) is 28.5 Å². The molecule has 1 aliphatic heterocycles. The van der Waals surface area contributed by atoms with Crippen LogP contribution in [0.1, 0.15) is 56.7 Å². The normalized spacial score (nSPS) is 18.2. The summed E-state index contributed by atoms with van der Waals surface area (Å²) in [7, 11) is 0. The largest absolute Gasteiger partial charge is 0.331 e. The molecule has 2 aromatic heterocycles. The molecule has 8 nitrogen and oxygen atoms in total. The molecule has 24 heavy (non-hydrogen) atoms. The molecule has 2 aromatic rings. The fourth-order valence-corrected chi connectivity index (χ4v) is 3.15. The number of halogens is 1. The average molecular weight is 394 g/mol. The Morgan fingerprint density at radius 1 is 1.33 bits per heavy atom. The molecule has 0 saturated carbocycles. The second-order valence-corrected chi connectivity index (χ2v) is 7.12. The van der Waals surface area contributed by atoms with E-state index in [9.17, 15) is 4.79 Å². The molecule has 1 saturated heterocycles. The molecule has 1 aliphatic rings. The van der Waals surface area contributed by atoms with Gasteiger partial charge in [-0.25, -0.2) is 14.6 Å². The van der Waals surface area contributed by atoms with E-state index in [1.807, 2.05) is 18.7 Å². The summed E-state index contributed by atoms with van der Waals surface area (Å²) in [5.74, 6) is 1.57. The standard InChI is InChI=1S/C15H20BrN7O/c1-10(2)15-19-20-21-23(15)9-13(24)22-6-4-3-5-12(22)14-17-7-11(16)8-18-14/h7-8,10,12H,3-6,9H2,1-2H3. The monoisotopic (exact) mass is 393 g/mol. The number of aromatic nitrogens is 6. The van der Waals surface area contributed by atoms with Gasteiger partial charge in [0.2, 0.25) is 5.91 Å². The molecule has 0 aromatic carbocycles. The van der Waals surface area contributed by atoms with E-state index >= 15 is 0 Å². The first-order valence-corrected chi connectivity index (χ1v) is 8.88. The summed E-state index contributed by atoms with van der Waals surface area (Å²) in [6.07, 6.45) is 6.37. The molecule has 9 heteroatoms. The van der Waals surface area contributed by atoms with E-state index in [2.05, 4.69) is 41.4 Å². The van der Waals surface area contributed by atoms with Crippen molar-refractivity contribution in [2.45, 2.75) is 51.6 Å². The number of hydrogen-bond donors (Lipinski definition) is 0. The van der Waals surface area contributed by atoms with Crippen molar-refractivity contribution < 1.29 is 4.79 Å². The lowest BCUT2D eigenvalue weighted by atomic mass is 10.0. The summed E-state index contributed by atoms with van der Waals surface area (Å²) in [6, 6.07) is -0.0849. The molecule has 0 aliphatic carbocycles. The zero-order valence-electron chi connectivity index (χ0n) is 13.8. The van der Waals surface area contributed by atoms with E-state index in [0.717, 1.165) is 29.6 Å². The van der Waals surface area contributed by atoms with Gasteiger partial charge in [0.15, 0.2) is 11.6 Å². The van der Waals surface area contributed by atoms with Crippen molar-refractivity contribution in [1.82, 2.24) is 35.1 Å². The van der Waals surface area contributed by atoms with Crippen molar-refractivity contribution in [2.24, 2.45) is 0 Å². The molecule has 1 amide bonds. The van der Waals surface area contributed by atoms with Gasteiger partial charge >= 0.3 is 0 Å². The van der Waals surface area contributed by atoms with Gasteiger partial charge in [0.1, 0.15) is 6.54 Å². The summed E-state index contributed by atoms with van der Waals surface area (Å²) < 4.78 is 2.41. The number of carbonyl (C=O) groups is 1. The summed E-state index contributed by atoms with van der Waals surface area (Å²) in [5.41, 5.74) is 0. The topological polar surface area (TPSA) is 89.7 Å². The number of piperidine rings is 1. The van der Waals surface area contributed by atoms with Gasteiger partial charge in [-0.2, -0.15) is 0 Å².